The summed E-state index contributed by atoms with van der Waals surface area (Å²) >= 11 is 0. The van der Waals surface area contributed by atoms with Gasteiger partial charge in [-0.1, -0.05) is 43.6 Å². The van der Waals surface area contributed by atoms with Crippen molar-refractivity contribution in [3.63, 3.8) is 0 Å². The van der Waals surface area contributed by atoms with Crippen LogP contribution in [0.1, 0.15) is 69.9 Å². The lowest BCUT2D eigenvalue weighted by Crippen LogP contribution is -2.18. The Balaban J connectivity index is 2.46. The molecule has 0 spiro atoms. The number of benzene rings is 1. The first-order chi connectivity index (χ1) is 10.9. The van der Waals surface area contributed by atoms with Gasteiger partial charge in [-0.15, -0.1) is 0 Å². The molecular formula is C21H30O2. The van der Waals surface area contributed by atoms with Gasteiger partial charge in [0, 0.05) is 17.5 Å². The molecule has 0 saturated heterocycles. The maximum atomic E-state index is 10.5. The molecule has 2 atom stereocenters. The molecule has 0 aliphatic heterocycles. The summed E-state index contributed by atoms with van der Waals surface area (Å²) in [6, 6.07) is 3.31. The topological polar surface area (TPSA) is 40.5 Å². The minimum atomic E-state index is 0.154. The molecule has 23 heavy (non-hydrogen) atoms. The molecule has 0 bridgehead atoms. The molecule has 1 aliphatic rings. The molecule has 2 nitrogen and oxygen atoms in total. The summed E-state index contributed by atoms with van der Waals surface area (Å²) in [6.07, 6.45) is 8.78. The number of unbranched alkanes of at least 4 members (excludes halogenated alkanes) is 2. The Kier molecular flexibility index (Phi) is 5.92. The summed E-state index contributed by atoms with van der Waals surface area (Å²) in [5.74, 6) is 0.900. The van der Waals surface area contributed by atoms with Crippen LogP contribution in [-0.4, -0.2) is 10.2 Å². The monoisotopic (exact) mass is 314 g/mol. The summed E-state index contributed by atoms with van der Waals surface area (Å²) in [5, 5.41) is 20.5. The number of rotatable bonds is 6. The smallest absolute Gasteiger partial charge is 0.123 e. The van der Waals surface area contributed by atoms with Crippen LogP contribution in [0.3, 0.4) is 0 Å². The normalized spacial score (nSPS) is 21.1. The van der Waals surface area contributed by atoms with Crippen molar-refractivity contribution in [1.29, 1.82) is 0 Å². The van der Waals surface area contributed by atoms with Crippen molar-refractivity contribution in [2.24, 2.45) is 5.92 Å². The molecule has 126 valence electrons. The van der Waals surface area contributed by atoms with E-state index in [2.05, 4.69) is 33.4 Å². The highest BCUT2D eigenvalue weighted by atomic mass is 16.3. The molecular weight excluding hydrogens is 284 g/mol. The van der Waals surface area contributed by atoms with E-state index in [0.29, 0.717) is 5.92 Å². The van der Waals surface area contributed by atoms with Crippen molar-refractivity contribution >= 4 is 0 Å². The van der Waals surface area contributed by atoms with Crippen molar-refractivity contribution in [2.75, 3.05) is 0 Å². The second-order valence-electron chi connectivity index (χ2n) is 7.03. The summed E-state index contributed by atoms with van der Waals surface area (Å²) in [7, 11) is 0. The number of aromatic hydroxyl groups is 2. The fourth-order valence-corrected chi connectivity index (χ4v) is 3.74. The highest BCUT2D eigenvalue weighted by Gasteiger charge is 2.29. The Morgan fingerprint density at radius 1 is 1.26 bits per heavy atom. The lowest BCUT2D eigenvalue weighted by molar-refractivity contribution is 0.423. The third-order valence-electron chi connectivity index (χ3n) is 4.99. The van der Waals surface area contributed by atoms with Crippen LogP contribution >= 0.6 is 0 Å². The van der Waals surface area contributed by atoms with E-state index in [1.54, 1.807) is 0 Å². The third kappa shape index (κ3) is 4.19. The highest BCUT2D eigenvalue weighted by molar-refractivity contribution is 5.50. The molecule has 0 unspecified atom stereocenters. The number of allylic oxidation sites excluding steroid dienone is 3. The van der Waals surface area contributed by atoms with Gasteiger partial charge in [-0.05, 0) is 57.1 Å². The minimum Gasteiger partial charge on any atom is -0.508 e. The number of aryl methyl sites for hydroxylation is 1. The lowest BCUT2D eigenvalue weighted by Gasteiger charge is -2.32. The van der Waals surface area contributed by atoms with Crippen LogP contribution in [0.4, 0.5) is 0 Å². The summed E-state index contributed by atoms with van der Waals surface area (Å²) in [4.78, 5) is 0. The van der Waals surface area contributed by atoms with Crippen molar-refractivity contribution < 1.29 is 10.2 Å². The van der Waals surface area contributed by atoms with Crippen LogP contribution in [0.5, 0.6) is 11.5 Å². The van der Waals surface area contributed by atoms with Crippen molar-refractivity contribution in [2.45, 2.75) is 65.2 Å². The maximum absolute atomic E-state index is 10.5. The highest BCUT2D eigenvalue weighted by Crippen LogP contribution is 2.45. The first-order valence-electron chi connectivity index (χ1n) is 8.81. The van der Waals surface area contributed by atoms with Gasteiger partial charge in [-0.2, -0.15) is 0 Å². The van der Waals surface area contributed by atoms with Gasteiger partial charge in [-0.25, -0.2) is 0 Å². The largest absolute Gasteiger partial charge is 0.508 e. The van der Waals surface area contributed by atoms with Gasteiger partial charge in [0.05, 0.1) is 0 Å². The number of phenols is 2. The Labute approximate surface area is 140 Å². The van der Waals surface area contributed by atoms with E-state index in [1.165, 1.54) is 23.6 Å². The fourth-order valence-electron chi connectivity index (χ4n) is 3.74. The zero-order valence-corrected chi connectivity index (χ0v) is 14.7. The Hall–Kier alpha value is -1.70. The van der Waals surface area contributed by atoms with Crippen molar-refractivity contribution in [3.05, 3.63) is 47.1 Å². The van der Waals surface area contributed by atoms with Crippen LogP contribution in [0.2, 0.25) is 0 Å². The summed E-state index contributed by atoms with van der Waals surface area (Å²) < 4.78 is 0. The van der Waals surface area contributed by atoms with Crippen LogP contribution in [0.15, 0.2) is 35.9 Å². The molecule has 0 radical (unpaired) electrons. The molecule has 0 heterocycles. The molecule has 2 N–H and O–H groups in total. The molecule has 2 rings (SSSR count). The van der Waals surface area contributed by atoms with Gasteiger partial charge < -0.3 is 10.2 Å². The Morgan fingerprint density at radius 2 is 2.00 bits per heavy atom. The molecule has 0 amide bonds. The average Bonchev–Trinajstić information content (AvgIpc) is 2.46. The van der Waals surface area contributed by atoms with E-state index in [0.717, 1.165) is 43.2 Å². The zero-order chi connectivity index (χ0) is 17.0. The number of hydrogen-bond acceptors (Lipinski definition) is 2. The third-order valence-corrected chi connectivity index (χ3v) is 4.99. The van der Waals surface area contributed by atoms with E-state index in [-0.39, 0.29) is 17.4 Å². The quantitative estimate of drug-likeness (QED) is 0.511. The van der Waals surface area contributed by atoms with Crippen molar-refractivity contribution in [1.82, 2.24) is 0 Å². The SMILES string of the molecule is C=C(C)[C@@H]1CCC(C)=C[C@@H]1c1c(O)cc(O)cc1CCCCC. The van der Waals surface area contributed by atoms with Crippen LogP contribution in [0, 0.1) is 5.92 Å². The lowest BCUT2D eigenvalue weighted by atomic mass is 9.72. The van der Waals surface area contributed by atoms with Crippen LogP contribution in [0.25, 0.3) is 0 Å². The fraction of sp³-hybridized carbons (Fsp3) is 0.524. The van der Waals surface area contributed by atoms with Crippen LogP contribution in [-0.2, 0) is 6.42 Å². The van der Waals surface area contributed by atoms with Gasteiger partial charge in [-0.3, -0.25) is 0 Å². The Bertz CT molecular complexity index is 598. The standard InChI is InChI=1S/C21H30O2/c1-5-6-7-8-16-12-17(22)13-20(23)21(16)19-11-15(4)9-10-18(19)14(2)3/h11-13,18-19,22-23H,2,5-10H2,1,3-4H3/t18-,19-/m0/s1. The molecule has 0 aromatic heterocycles. The molecule has 2 heteroatoms. The molecule has 1 aliphatic carbocycles. The minimum absolute atomic E-state index is 0.154. The predicted molar refractivity (Wildman–Crippen MR) is 97.0 cm³/mol. The summed E-state index contributed by atoms with van der Waals surface area (Å²) in [6.45, 7) is 10.6. The molecule has 1 aromatic rings. The van der Waals surface area contributed by atoms with Gasteiger partial charge >= 0.3 is 0 Å². The van der Waals surface area contributed by atoms with E-state index < -0.39 is 0 Å². The zero-order valence-electron chi connectivity index (χ0n) is 14.7. The number of hydrogen-bond donors (Lipinski definition) is 2. The molecule has 0 fully saturated rings. The van der Waals surface area contributed by atoms with E-state index >= 15 is 0 Å². The number of phenolic OH excluding ortho intramolecular Hbond substituents is 2. The predicted octanol–water partition coefficient (Wildman–Crippen LogP) is 5.85. The molecule has 0 saturated carbocycles. The van der Waals surface area contributed by atoms with Crippen molar-refractivity contribution in [3.8, 4) is 11.5 Å². The molecule has 1 aromatic carbocycles. The van der Waals surface area contributed by atoms with Crippen LogP contribution < -0.4 is 0 Å². The first-order valence-corrected chi connectivity index (χ1v) is 8.81. The second-order valence-corrected chi connectivity index (χ2v) is 7.03. The van der Waals surface area contributed by atoms with E-state index in [9.17, 15) is 10.2 Å². The van der Waals surface area contributed by atoms with E-state index in [1.807, 2.05) is 6.07 Å². The van der Waals surface area contributed by atoms with Gasteiger partial charge in [0.1, 0.15) is 11.5 Å². The van der Waals surface area contributed by atoms with Gasteiger partial charge in [0.25, 0.3) is 0 Å². The van der Waals surface area contributed by atoms with Gasteiger partial charge in [0.2, 0.25) is 0 Å². The summed E-state index contributed by atoms with van der Waals surface area (Å²) in [5.41, 5.74) is 4.62. The maximum Gasteiger partial charge on any atom is 0.123 e. The first kappa shape index (κ1) is 17.7. The average molecular weight is 314 g/mol. The van der Waals surface area contributed by atoms with E-state index in [4.69, 9.17) is 0 Å². The van der Waals surface area contributed by atoms with Gasteiger partial charge in [0.15, 0.2) is 0 Å². The second kappa shape index (κ2) is 7.72. The Morgan fingerprint density at radius 3 is 2.65 bits per heavy atom.